The van der Waals surface area contributed by atoms with Gasteiger partial charge in [0, 0.05) is 29.1 Å². The van der Waals surface area contributed by atoms with Gasteiger partial charge in [0.05, 0.1) is 10.5 Å². The molecule has 12 heteroatoms. The van der Waals surface area contributed by atoms with Crippen LogP contribution in [0.5, 0.6) is 5.75 Å². The molecule has 0 amide bonds. The SMILES string of the molecule is CC1(C)CC(c2ccc(C(F)(F)F)cc2C2CCNCC2)c2ccc(S(=O)(=O)Nc3nccs3)cc2O1.Cl. The second kappa shape index (κ2) is 10.7. The minimum absolute atomic E-state index is 0. The number of halogens is 4. The molecule has 1 atom stereocenters. The number of fused-ring (bicyclic) bond motifs is 1. The van der Waals surface area contributed by atoms with Gasteiger partial charge < -0.3 is 10.1 Å². The van der Waals surface area contributed by atoms with Crippen LogP contribution in [0.4, 0.5) is 18.3 Å². The highest BCUT2D eigenvalue weighted by Crippen LogP contribution is 2.48. The van der Waals surface area contributed by atoms with E-state index in [-0.39, 0.29) is 34.3 Å². The normalized spacial score (nSPS) is 19.7. The van der Waals surface area contributed by atoms with E-state index in [1.54, 1.807) is 17.5 Å². The lowest BCUT2D eigenvalue weighted by Gasteiger charge is -2.39. The van der Waals surface area contributed by atoms with Gasteiger partial charge in [0.15, 0.2) is 5.13 Å². The first-order valence-corrected chi connectivity index (χ1v) is 14.5. The standard InChI is InChI=1S/C26H28F3N3O3S2.ClH/c1-25(2)15-22(19-5-3-17(26(27,28)29)13-21(19)16-7-9-30-10-8-16)20-6-4-18(14-23(20)35-25)37(33,34)32-24-31-11-12-36-24;/h3-6,11-14,16,22,30H,7-10,15H2,1-2H3,(H,31,32);1H. The van der Waals surface area contributed by atoms with Crippen LogP contribution < -0.4 is 14.8 Å². The molecule has 5 rings (SSSR count). The molecular formula is C26H29ClF3N3O3S2. The lowest BCUT2D eigenvalue weighted by molar-refractivity contribution is -0.137. The molecule has 2 aliphatic rings. The first kappa shape index (κ1) is 28.7. The average molecular weight is 588 g/mol. The van der Waals surface area contributed by atoms with Gasteiger partial charge in [-0.2, -0.15) is 13.2 Å². The summed E-state index contributed by atoms with van der Waals surface area (Å²) in [5.74, 6) is 0.184. The number of aromatic nitrogens is 1. The Kier molecular flexibility index (Phi) is 8.05. The Morgan fingerprint density at radius 1 is 1.08 bits per heavy atom. The largest absolute Gasteiger partial charge is 0.487 e. The fraction of sp³-hybridized carbons (Fsp3) is 0.423. The first-order valence-electron chi connectivity index (χ1n) is 12.1. The maximum Gasteiger partial charge on any atom is 0.416 e. The van der Waals surface area contributed by atoms with E-state index in [9.17, 15) is 21.6 Å². The highest BCUT2D eigenvalue weighted by molar-refractivity contribution is 7.93. The van der Waals surface area contributed by atoms with Crippen LogP contribution in [-0.2, 0) is 16.2 Å². The summed E-state index contributed by atoms with van der Waals surface area (Å²) >= 11 is 1.17. The Morgan fingerprint density at radius 3 is 2.45 bits per heavy atom. The zero-order valence-corrected chi connectivity index (χ0v) is 23.3. The molecule has 0 radical (unpaired) electrons. The molecule has 1 aromatic heterocycles. The fourth-order valence-electron chi connectivity index (χ4n) is 5.28. The van der Waals surface area contributed by atoms with E-state index < -0.39 is 27.4 Å². The van der Waals surface area contributed by atoms with Crippen molar-refractivity contribution >= 4 is 38.9 Å². The van der Waals surface area contributed by atoms with Gasteiger partial charge in [-0.25, -0.2) is 13.4 Å². The van der Waals surface area contributed by atoms with E-state index in [1.807, 2.05) is 13.8 Å². The summed E-state index contributed by atoms with van der Waals surface area (Å²) in [4.78, 5) is 4.01. The zero-order valence-electron chi connectivity index (χ0n) is 20.8. The van der Waals surface area contributed by atoms with Crippen LogP contribution in [0.1, 0.15) is 67.2 Å². The quantitative estimate of drug-likeness (QED) is 0.354. The third-order valence-corrected chi connectivity index (χ3v) is 9.13. The number of benzene rings is 2. The van der Waals surface area contributed by atoms with Crippen molar-refractivity contribution < 1.29 is 26.3 Å². The van der Waals surface area contributed by atoms with Crippen LogP contribution in [0.25, 0.3) is 0 Å². The summed E-state index contributed by atoms with van der Waals surface area (Å²) in [7, 11) is -3.90. The number of hydrogen-bond acceptors (Lipinski definition) is 6. The lowest BCUT2D eigenvalue weighted by atomic mass is 9.75. The topological polar surface area (TPSA) is 80.3 Å². The summed E-state index contributed by atoms with van der Waals surface area (Å²) in [6.45, 7) is 5.32. The molecule has 2 aliphatic heterocycles. The van der Waals surface area contributed by atoms with E-state index in [1.165, 1.54) is 35.7 Å². The second-order valence-electron chi connectivity index (χ2n) is 10.1. The predicted molar refractivity (Wildman–Crippen MR) is 144 cm³/mol. The molecule has 0 saturated carbocycles. The monoisotopic (exact) mass is 587 g/mol. The van der Waals surface area contributed by atoms with Crippen LogP contribution in [-0.4, -0.2) is 32.1 Å². The number of thiazole rings is 1. The maximum atomic E-state index is 13.7. The molecule has 38 heavy (non-hydrogen) atoms. The van der Waals surface area contributed by atoms with E-state index in [0.29, 0.717) is 17.7 Å². The molecule has 2 N–H and O–H groups in total. The molecule has 0 spiro atoms. The number of nitrogens with one attached hydrogen (secondary N) is 2. The minimum atomic E-state index is -4.43. The highest BCUT2D eigenvalue weighted by Gasteiger charge is 2.39. The molecule has 0 aliphatic carbocycles. The smallest absolute Gasteiger partial charge is 0.416 e. The summed E-state index contributed by atoms with van der Waals surface area (Å²) in [6, 6.07) is 8.79. The van der Waals surface area contributed by atoms with Crippen molar-refractivity contribution in [3.05, 3.63) is 70.2 Å². The number of anilines is 1. The average Bonchev–Trinajstić information content (AvgIpc) is 3.34. The van der Waals surface area contributed by atoms with Crippen molar-refractivity contribution in [2.75, 3.05) is 17.8 Å². The molecule has 1 unspecified atom stereocenters. The molecule has 1 saturated heterocycles. The summed E-state index contributed by atoms with van der Waals surface area (Å²) in [5.41, 5.74) is 1.02. The summed E-state index contributed by atoms with van der Waals surface area (Å²) < 4.78 is 75.6. The van der Waals surface area contributed by atoms with Gasteiger partial charge in [-0.3, -0.25) is 4.72 Å². The number of hydrogen-bond donors (Lipinski definition) is 2. The maximum absolute atomic E-state index is 13.7. The van der Waals surface area contributed by atoms with Crippen LogP contribution in [0.15, 0.2) is 52.9 Å². The Labute approximate surface area is 230 Å². The summed E-state index contributed by atoms with van der Waals surface area (Å²) in [5, 5.41) is 5.21. The molecule has 6 nitrogen and oxygen atoms in total. The van der Waals surface area contributed by atoms with Crippen molar-refractivity contribution in [3.8, 4) is 5.75 Å². The van der Waals surface area contributed by atoms with Crippen LogP contribution >= 0.6 is 23.7 Å². The van der Waals surface area contributed by atoms with Gasteiger partial charge >= 0.3 is 6.18 Å². The number of piperidine rings is 1. The van der Waals surface area contributed by atoms with Crippen molar-refractivity contribution in [2.45, 2.75) is 61.6 Å². The lowest BCUT2D eigenvalue weighted by Crippen LogP contribution is -2.36. The molecule has 0 bridgehead atoms. The van der Waals surface area contributed by atoms with Crippen molar-refractivity contribution in [2.24, 2.45) is 0 Å². The number of alkyl halides is 3. The third-order valence-electron chi connectivity index (χ3n) is 6.98. The Hall–Kier alpha value is -2.34. The minimum Gasteiger partial charge on any atom is -0.487 e. The summed E-state index contributed by atoms with van der Waals surface area (Å²) in [6.07, 6.45) is -0.857. The van der Waals surface area contributed by atoms with Gasteiger partial charge in [0.2, 0.25) is 0 Å². The number of rotatable bonds is 5. The van der Waals surface area contributed by atoms with Gasteiger partial charge in [-0.1, -0.05) is 12.1 Å². The van der Waals surface area contributed by atoms with E-state index in [4.69, 9.17) is 4.74 Å². The molecule has 1 fully saturated rings. The van der Waals surface area contributed by atoms with E-state index >= 15 is 0 Å². The third kappa shape index (κ3) is 5.95. The molecule has 206 valence electrons. The number of ether oxygens (including phenoxy) is 1. The van der Waals surface area contributed by atoms with Crippen LogP contribution in [0.3, 0.4) is 0 Å². The van der Waals surface area contributed by atoms with Gasteiger partial charge in [-0.05, 0) is 81.4 Å². The predicted octanol–water partition coefficient (Wildman–Crippen LogP) is 6.54. The van der Waals surface area contributed by atoms with Crippen molar-refractivity contribution in [1.29, 1.82) is 0 Å². The Bertz CT molecular complexity index is 1390. The Balaban J connectivity index is 0.00000336. The van der Waals surface area contributed by atoms with E-state index in [0.717, 1.165) is 43.1 Å². The van der Waals surface area contributed by atoms with Gasteiger partial charge in [0.1, 0.15) is 11.4 Å². The zero-order chi connectivity index (χ0) is 26.4. The van der Waals surface area contributed by atoms with Gasteiger partial charge in [0.25, 0.3) is 10.0 Å². The molecule has 2 aromatic carbocycles. The Morgan fingerprint density at radius 2 is 1.79 bits per heavy atom. The first-order chi connectivity index (χ1) is 17.4. The molecular weight excluding hydrogens is 559 g/mol. The van der Waals surface area contributed by atoms with Crippen molar-refractivity contribution in [1.82, 2.24) is 10.3 Å². The van der Waals surface area contributed by atoms with Gasteiger partial charge in [-0.15, -0.1) is 23.7 Å². The number of sulfonamides is 1. The van der Waals surface area contributed by atoms with Crippen molar-refractivity contribution in [3.63, 3.8) is 0 Å². The second-order valence-corrected chi connectivity index (χ2v) is 12.7. The molecule has 3 aromatic rings. The van der Waals surface area contributed by atoms with Crippen LogP contribution in [0, 0.1) is 0 Å². The molecule has 3 heterocycles. The van der Waals surface area contributed by atoms with E-state index in [2.05, 4.69) is 15.0 Å². The fourth-order valence-corrected chi connectivity index (χ4v) is 7.08. The number of nitrogens with zero attached hydrogens (tertiary/aromatic N) is 1. The van der Waals surface area contributed by atoms with Crippen LogP contribution in [0.2, 0.25) is 0 Å². The highest BCUT2D eigenvalue weighted by atomic mass is 35.5.